The van der Waals surface area contributed by atoms with Crippen molar-refractivity contribution in [3.05, 3.63) is 0 Å². The second kappa shape index (κ2) is 7.51. The number of hydrogen-bond donors (Lipinski definition) is 2. The molecule has 0 aliphatic rings. The summed E-state index contributed by atoms with van der Waals surface area (Å²) in [5, 5.41) is 0. The van der Waals surface area contributed by atoms with Crippen LogP contribution in [0.15, 0.2) is 0 Å². The van der Waals surface area contributed by atoms with E-state index < -0.39 is 11.9 Å². The molecule has 76 valence electrons. The molecule has 0 fully saturated rings. The van der Waals surface area contributed by atoms with Gasteiger partial charge in [-0.25, -0.2) is 0 Å². The smallest absolute Gasteiger partial charge is 0.373 e. The van der Waals surface area contributed by atoms with Gasteiger partial charge >= 0.3 is 13.4 Å². The molecule has 6 heteroatoms. The van der Waals surface area contributed by atoms with Gasteiger partial charge in [0.1, 0.15) is 0 Å². The summed E-state index contributed by atoms with van der Waals surface area (Å²) in [5.41, 5.74) is 0. The van der Waals surface area contributed by atoms with E-state index in [4.69, 9.17) is 0 Å². The zero-order valence-electron chi connectivity index (χ0n) is 8.32. The molecule has 0 heterocycles. The Morgan fingerprint density at radius 2 is 1.31 bits per heavy atom. The van der Waals surface area contributed by atoms with E-state index in [1.807, 2.05) is 0 Å². The van der Waals surface area contributed by atoms with Crippen LogP contribution in [0.1, 0.15) is 33.5 Å². The quantitative estimate of drug-likeness (QED) is 0.448. The van der Waals surface area contributed by atoms with Gasteiger partial charge in [0.05, 0.1) is 0 Å². The summed E-state index contributed by atoms with van der Waals surface area (Å²) >= 11 is 0. The maximum absolute atomic E-state index is 10.5. The fourth-order valence-corrected chi connectivity index (χ4v) is 0.833. The molecule has 0 rings (SSSR count). The monoisotopic (exact) mass is 191 g/mol. The Kier molecular flexibility index (Phi) is 6.85. The van der Waals surface area contributed by atoms with Crippen LogP contribution in [-0.2, 0) is 19.3 Å². The van der Waals surface area contributed by atoms with Gasteiger partial charge in [-0.05, 0) is 12.8 Å². The number of nitrogens with two attached hydrogens (primary N) is 2. The van der Waals surface area contributed by atoms with Gasteiger partial charge in [0.25, 0.3) is 0 Å². The lowest BCUT2D eigenvalue weighted by Crippen LogP contribution is -2.10. The molecule has 0 aromatic heterocycles. The predicted octanol–water partition coefficient (Wildman–Crippen LogP) is -0.117. The highest BCUT2D eigenvalue weighted by Crippen LogP contribution is 2.03. The van der Waals surface area contributed by atoms with Crippen molar-refractivity contribution in [1.29, 1.82) is 0 Å². The van der Waals surface area contributed by atoms with Crippen LogP contribution in [0.5, 0.6) is 0 Å². The van der Waals surface area contributed by atoms with E-state index >= 15 is 0 Å². The fraction of sp³-hybridized carbons (Fsp3) is 0.714. The van der Waals surface area contributed by atoms with Crippen molar-refractivity contribution in [3.8, 4) is 0 Å². The zero-order chi connectivity index (χ0) is 10.1. The number of unbranched alkanes of at least 4 members (excludes halogenated alkanes) is 2. The summed E-state index contributed by atoms with van der Waals surface area (Å²) in [6.45, 7) is 0. The lowest BCUT2D eigenvalue weighted by atomic mass is 10.1. The third kappa shape index (κ3) is 7.23. The van der Waals surface area contributed by atoms with Crippen LogP contribution in [0.2, 0.25) is 0 Å². The van der Waals surface area contributed by atoms with Gasteiger partial charge in [0.15, 0.2) is 0 Å². The van der Waals surface area contributed by atoms with Crippen LogP contribution in [-0.4, -0.2) is 11.9 Å². The van der Waals surface area contributed by atoms with E-state index in [9.17, 15) is 9.59 Å². The second-order valence-electron chi connectivity index (χ2n) is 2.54. The third-order valence-electron chi connectivity index (χ3n) is 1.52. The first-order chi connectivity index (χ1) is 6.20. The molecule has 6 nitrogen and oxygen atoms in total. The number of hydrogen-bond acceptors (Lipinski definition) is 6. The Bertz CT molecular complexity index is 159. The Morgan fingerprint density at radius 3 is 1.62 bits per heavy atom. The van der Waals surface area contributed by atoms with E-state index in [0.29, 0.717) is 12.8 Å². The maximum Gasteiger partial charge on any atom is 1.00 e. The molecule has 0 aromatic rings. The highest BCUT2D eigenvalue weighted by Gasteiger charge is 2.02. The van der Waals surface area contributed by atoms with E-state index in [2.05, 4.69) is 21.5 Å². The van der Waals surface area contributed by atoms with Crippen LogP contribution in [0.3, 0.4) is 0 Å². The molecule has 0 aliphatic heterocycles. The summed E-state index contributed by atoms with van der Waals surface area (Å²) in [6.07, 6.45) is 2.58. The van der Waals surface area contributed by atoms with Crippen molar-refractivity contribution in [2.75, 3.05) is 0 Å². The topological polar surface area (TPSA) is 105 Å². The molecule has 0 saturated heterocycles. The summed E-state index contributed by atoms with van der Waals surface area (Å²) in [4.78, 5) is 28.9. The molecular formula is C7H15N2O4+. The normalized spacial score (nSPS) is 9.38. The van der Waals surface area contributed by atoms with Crippen molar-refractivity contribution in [2.45, 2.75) is 32.1 Å². The Labute approximate surface area is 77.6 Å². The van der Waals surface area contributed by atoms with Crippen molar-refractivity contribution in [1.82, 2.24) is 0 Å². The van der Waals surface area contributed by atoms with Crippen molar-refractivity contribution < 1.29 is 20.7 Å². The van der Waals surface area contributed by atoms with Crippen LogP contribution in [0.25, 0.3) is 0 Å². The summed E-state index contributed by atoms with van der Waals surface area (Å²) < 4.78 is 0. The third-order valence-corrected chi connectivity index (χ3v) is 1.52. The molecule has 0 unspecified atom stereocenters. The number of carbonyl (C=O) groups excluding carboxylic acids is 2. The average Bonchev–Trinajstić information content (AvgIpc) is 2.16. The molecule has 0 aliphatic carbocycles. The molecule has 0 radical (unpaired) electrons. The highest BCUT2D eigenvalue weighted by molar-refractivity contribution is 5.69. The SMILES string of the molecule is NOC(=O)CCCCCC(=O)ON.[H+]. The average molecular weight is 191 g/mol. The Balaban J connectivity index is 0. The van der Waals surface area contributed by atoms with Gasteiger partial charge in [0, 0.05) is 12.8 Å². The van der Waals surface area contributed by atoms with E-state index in [1.54, 1.807) is 0 Å². The van der Waals surface area contributed by atoms with E-state index in [-0.39, 0.29) is 14.3 Å². The molecule has 0 aromatic carbocycles. The van der Waals surface area contributed by atoms with E-state index in [1.165, 1.54) is 0 Å². The molecule has 0 bridgehead atoms. The largest absolute Gasteiger partial charge is 1.00 e. The molecule has 0 saturated carbocycles. The Hall–Kier alpha value is -1.14. The molecule has 0 atom stereocenters. The second-order valence-corrected chi connectivity index (χ2v) is 2.54. The van der Waals surface area contributed by atoms with Crippen molar-refractivity contribution >= 4 is 11.9 Å². The first-order valence-corrected chi connectivity index (χ1v) is 4.00. The zero-order valence-corrected chi connectivity index (χ0v) is 7.32. The number of rotatable bonds is 6. The first kappa shape index (κ1) is 11.9. The minimum Gasteiger partial charge on any atom is -0.373 e. The maximum atomic E-state index is 10.5. The van der Waals surface area contributed by atoms with E-state index in [0.717, 1.165) is 6.42 Å². The standard InChI is InChI=1S/C7H14N2O4/c8-12-6(10)4-2-1-3-5-7(11)13-9/h1-5,8-9H2/p+1. The molecule has 13 heavy (non-hydrogen) atoms. The molecular weight excluding hydrogens is 176 g/mol. The first-order valence-electron chi connectivity index (χ1n) is 4.00. The lowest BCUT2D eigenvalue weighted by molar-refractivity contribution is -0.144. The summed E-state index contributed by atoms with van der Waals surface area (Å²) in [7, 11) is 0. The summed E-state index contributed by atoms with van der Waals surface area (Å²) in [6, 6.07) is 0. The molecule has 0 amide bonds. The van der Waals surface area contributed by atoms with Gasteiger partial charge in [0.2, 0.25) is 0 Å². The van der Waals surface area contributed by atoms with Crippen LogP contribution in [0.4, 0.5) is 0 Å². The van der Waals surface area contributed by atoms with Crippen LogP contribution < -0.4 is 11.8 Å². The van der Waals surface area contributed by atoms with Crippen LogP contribution in [0, 0.1) is 0 Å². The minimum atomic E-state index is -0.443. The van der Waals surface area contributed by atoms with Gasteiger partial charge in [-0.3, -0.25) is 9.59 Å². The molecule has 0 spiro atoms. The van der Waals surface area contributed by atoms with Gasteiger partial charge < -0.3 is 9.68 Å². The van der Waals surface area contributed by atoms with Gasteiger partial charge in [-0.2, -0.15) is 11.8 Å². The number of carbonyl (C=O) groups is 2. The van der Waals surface area contributed by atoms with Crippen LogP contribution >= 0.6 is 0 Å². The van der Waals surface area contributed by atoms with Gasteiger partial charge in [-0.15, -0.1) is 0 Å². The molecule has 4 N–H and O–H groups in total. The highest BCUT2D eigenvalue weighted by atomic mass is 16.7. The lowest BCUT2D eigenvalue weighted by Gasteiger charge is -1.98. The fourth-order valence-electron chi connectivity index (χ4n) is 0.833. The predicted molar refractivity (Wildman–Crippen MR) is 44.8 cm³/mol. The van der Waals surface area contributed by atoms with Crippen molar-refractivity contribution in [2.24, 2.45) is 11.8 Å². The Morgan fingerprint density at radius 1 is 0.923 bits per heavy atom. The minimum absolute atomic E-state index is 0. The summed E-state index contributed by atoms with van der Waals surface area (Å²) in [5.74, 6) is 8.35. The van der Waals surface area contributed by atoms with Crippen molar-refractivity contribution in [3.63, 3.8) is 0 Å². The van der Waals surface area contributed by atoms with Gasteiger partial charge in [-0.1, -0.05) is 6.42 Å².